The quantitative estimate of drug-likeness (QED) is 0.552. The van der Waals surface area contributed by atoms with E-state index < -0.39 is 5.91 Å². The molecule has 3 aromatic heterocycles. The van der Waals surface area contributed by atoms with Crippen molar-refractivity contribution in [3.05, 3.63) is 71.6 Å². The highest BCUT2D eigenvalue weighted by Crippen LogP contribution is 2.22. The van der Waals surface area contributed by atoms with E-state index in [2.05, 4.69) is 25.5 Å². The number of halogens is 1. The van der Waals surface area contributed by atoms with Gasteiger partial charge in [-0.3, -0.25) is 9.20 Å². The van der Waals surface area contributed by atoms with Gasteiger partial charge in [-0.15, -0.1) is 10.2 Å². The number of nitrogens with zero attached hydrogens (tertiary/aromatic N) is 5. The second-order valence-corrected chi connectivity index (χ2v) is 6.18. The summed E-state index contributed by atoms with van der Waals surface area (Å²) < 4.78 is 14.9. The number of benzene rings is 1. The third-order valence-electron chi connectivity index (χ3n) is 4.24. The van der Waals surface area contributed by atoms with E-state index in [9.17, 15) is 9.18 Å². The minimum Gasteiger partial charge on any atom is -0.364 e. The number of amides is 1. The zero-order chi connectivity index (χ0) is 19.7. The number of primary amides is 1. The van der Waals surface area contributed by atoms with E-state index in [1.54, 1.807) is 35.6 Å². The number of hydrogen-bond acceptors (Lipinski definition) is 6. The van der Waals surface area contributed by atoms with Gasteiger partial charge in [0.05, 0.1) is 5.52 Å². The summed E-state index contributed by atoms with van der Waals surface area (Å²) in [6.07, 6.45) is 1.49. The third kappa shape index (κ3) is 3.25. The minimum absolute atomic E-state index is 0.299. The van der Waals surface area contributed by atoms with Crippen molar-refractivity contribution in [1.29, 1.82) is 0 Å². The zero-order valence-electron chi connectivity index (χ0n) is 14.9. The fourth-order valence-electron chi connectivity index (χ4n) is 2.87. The van der Waals surface area contributed by atoms with E-state index in [0.717, 1.165) is 5.56 Å². The summed E-state index contributed by atoms with van der Waals surface area (Å²) in [6.45, 7) is 2.15. The molecule has 1 amide bonds. The van der Waals surface area contributed by atoms with Crippen LogP contribution in [-0.2, 0) is 6.54 Å². The number of carbonyl (C=O) groups excluding carboxylic acids is 1. The summed E-state index contributed by atoms with van der Waals surface area (Å²) in [6, 6.07) is 11.4. The number of carbonyl (C=O) groups is 1. The molecule has 1 aromatic carbocycles. The molecule has 0 radical (unpaired) electrons. The summed E-state index contributed by atoms with van der Waals surface area (Å²) in [5.41, 5.74) is 8.20. The van der Waals surface area contributed by atoms with Crippen molar-refractivity contribution in [3.63, 3.8) is 0 Å². The Balaban J connectivity index is 1.68. The molecular weight excluding hydrogens is 361 g/mol. The number of nitrogens with one attached hydrogen (secondary N) is 1. The van der Waals surface area contributed by atoms with Crippen molar-refractivity contribution in [1.82, 2.24) is 24.6 Å². The molecule has 0 saturated heterocycles. The average molecular weight is 377 g/mol. The lowest BCUT2D eigenvalue weighted by Gasteiger charge is -2.09. The number of anilines is 1. The van der Waals surface area contributed by atoms with E-state index in [1.807, 2.05) is 6.07 Å². The number of aromatic nitrogens is 5. The molecule has 9 heteroatoms. The van der Waals surface area contributed by atoms with Crippen LogP contribution in [0.5, 0.6) is 0 Å². The van der Waals surface area contributed by atoms with Gasteiger partial charge in [0.1, 0.15) is 29.2 Å². The van der Waals surface area contributed by atoms with Gasteiger partial charge >= 0.3 is 0 Å². The van der Waals surface area contributed by atoms with Gasteiger partial charge in [-0.05, 0) is 36.8 Å². The number of rotatable bonds is 5. The largest absolute Gasteiger partial charge is 0.364 e. The number of aryl methyl sites for hydroxylation is 1. The highest BCUT2D eigenvalue weighted by atomic mass is 19.1. The number of fused-ring (bicyclic) bond motifs is 1. The van der Waals surface area contributed by atoms with E-state index in [1.165, 1.54) is 18.5 Å². The molecule has 0 saturated carbocycles. The SMILES string of the molecule is Cc1nnc(-c2ncn3c(C(N)=O)cccc23)nc1NCc1cccc(F)c1. The minimum atomic E-state index is -0.560. The third-order valence-corrected chi connectivity index (χ3v) is 4.24. The normalized spacial score (nSPS) is 10.9. The topological polar surface area (TPSA) is 111 Å². The Morgan fingerprint density at radius 1 is 1.21 bits per heavy atom. The van der Waals surface area contributed by atoms with Crippen LogP contribution < -0.4 is 11.1 Å². The number of pyridine rings is 1. The molecule has 0 aliphatic rings. The maximum atomic E-state index is 13.4. The van der Waals surface area contributed by atoms with Crippen LogP contribution in [-0.4, -0.2) is 30.5 Å². The summed E-state index contributed by atoms with van der Waals surface area (Å²) >= 11 is 0. The molecule has 28 heavy (non-hydrogen) atoms. The van der Waals surface area contributed by atoms with E-state index in [-0.39, 0.29) is 5.82 Å². The van der Waals surface area contributed by atoms with Crippen LogP contribution in [0.25, 0.3) is 17.0 Å². The average Bonchev–Trinajstić information content (AvgIpc) is 3.11. The number of nitrogens with two attached hydrogens (primary N) is 1. The molecule has 0 bridgehead atoms. The molecular formula is C19H16FN7O. The highest BCUT2D eigenvalue weighted by Gasteiger charge is 2.16. The Kier molecular flexibility index (Phi) is 4.40. The first-order valence-corrected chi connectivity index (χ1v) is 8.49. The van der Waals surface area contributed by atoms with Crippen molar-refractivity contribution in [2.75, 3.05) is 5.32 Å². The van der Waals surface area contributed by atoms with Crippen molar-refractivity contribution in [2.24, 2.45) is 5.73 Å². The van der Waals surface area contributed by atoms with Gasteiger partial charge in [-0.25, -0.2) is 14.4 Å². The Labute approximate surface area is 159 Å². The molecule has 4 rings (SSSR count). The smallest absolute Gasteiger partial charge is 0.265 e. The summed E-state index contributed by atoms with van der Waals surface area (Å²) in [5.74, 6) is -0.0415. The van der Waals surface area contributed by atoms with Crippen LogP contribution in [0, 0.1) is 12.7 Å². The molecule has 0 aliphatic carbocycles. The standard InChI is InChI=1S/C19H16FN7O/c1-11-18(22-9-12-4-2-5-13(20)8-12)24-19(26-25-11)16-14-6-3-7-15(17(21)28)27(14)10-23-16/h2-8,10H,9H2,1H3,(H2,21,28)(H,22,24,26). The summed E-state index contributed by atoms with van der Waals surface area (Å²) in [4.78, 5) is 20.4. The van der Waals surface area contributed by atoms with Gasteiger partial charge in [0, 0.05) is 6.54 Å². The van der Waals surface area contributed by atoms with Crippen molar-refractivity contribution >= 4 is 17.2 Å². The zero-order valence-corrected chi connectivity index (χ0v) is 14.9. The fourth-order valence-corrected chi connectivity index (χ4v) is 2.87. The molecule has 8 nitrogen and oxygen atoms in total. The molecule has 0 atom stereocenters. The van der Waals surface area contributed by atoms with Crippen LogP contribution in [0.2, 0.25) is 0 Å². The predicted molar refractivity (Wildman–Crippen MR) is 101 cm³/mol. The van der Waals surface area contributed by atoms with Crippen LogP contribution in [0.15, 0.2) is 48.8 Å². The summed E-state index contributed by atoms with van der Waals surface area (Å²) in [5, 5.41) is 11.4. The number of hydrogen-bond donors (Lipinski definition) is 2. The van der Waals surface area contributed by atoms with Gasteiger partial charge in [0.15, 0.2) is 5.82 Å². The van der Waals surface area contributed by atoms with Gasteiger partial charge in [-0.2, -0.15) is 0 Å². The Morgan fingerprint density at radius 3 is 2.82 bits per heavy atom. The lowest BCUT2D eigenvalue weighted by atomic mass is 10.2. The van der Waals surface area contributed by atoms with E-state index in [0.29, 0.717) is 40.8 Å². The van der Waals surface area contributed by atoms with Crippen molar-refractivity contribution < 1.29 is 9.18 Å². The van der Waals surface area contributed by atoms with Crippen LogP contribution in [0.3, 0.4) is 0 Å². The van der Waals surface area contributed by atoms with Crippen molar-refractivity contribution in [3.8, 4) is 11.5 Å². The lowest BCUT2D eigenvalue weighted by molar-refractivity contribution is 0.0994. The van der Waals surface area contributed by atoms with Crippen molar-refractivity contribution in [2.45, 2.75) is 13.5 Å². The Hall–Kier alpha value is -3.88. The first-order chi connectivity index (χ1) is 13.5. The summed E-state index contributed by atoms with van der Waals surface area (Å²) in [7, 11) is 0. The van der Waals surface area contributed by atoms with E-state index >= 15 is 0 Å². The second kappa shape index (κ2) is 7.03. The van der Waals surface area contributed by atoms with Gasteiger partial charge in [-0.1, -0.05) is 18.2 Å². The molecule has 0 fully saturated rings. The molecule has 0 spiro atoms. The highest BCUT2D eigenvalue weighted by molar-refractivity contribution is 5.92. The Morgan fingerprint density at radius 2 is 2.04 bits per heavy atom. The second-order valence-electron chi connectivity index (χ2n) is 6.18. The van der Waals surface area contributed by atoms with Crippen LogP contribution >= 0.6 is 0 Å². The van der Waals surface area contributed by atoms with Gasteiger partial charge in [0.2, 0.25) is 5.82 Å². The molecule has 140 valence electrons. The molecule has 0 unspecified atom stereocenters. The fraction of sp³-hybridized carbons (Fsp3) is 0.105. The van der Waals surface area contributed by atoms with Gasteiger partial charge < -0.3 is 11.1 Å². The maximum Gasteiger partial charge on any atom is 0.265 e. The van der Waals surface area contributed by atoms with Crippen LogP contribution in [0.1, 0.15) is 21.7 Å². The molecule has 3 heterocycles. The first kappa shape index (κ1) is 17.5. The predicted octanol–water partition coefficient (Wildman–Crippen LogP) is 2.34. The van der Waals surface area contributed by atoms with E-state index in [4.69, 9.17) is 5.73 Å². The number of imidazole rings is 1. The maximum absolute atomic E-state index is 13.4. The molecule has 3 N–H and O–H groups in total. The Bertz CT molecular complexity index is 1190. The first-order valence-electron chi connectivity index (χ1n) is 8.49. The van der Waals surface area contributed by atoms with Gasteiger partial charge in [0.25, 0.3) is 5.91 Å². The lowest BCUT2D eigenvalue weighted by Crippen LogP contribution is -2.14. The molecule has 4 aromatic rings. The van der Waals surface area contributed by atoms with Crippen LogP contribution in [0.4, 0.5) is 10.2 Å². The monoisotopic (exact) mass is 377 g/mol. The molecule has 0 aliphatic heterocycles.